The molecule has 2 aromatic heterocycles. The van der Waals surface area contributed by atoms with Crippen molar-refractivity contribution in [2.24, 2.45) is 7.05 Å². The van der Waals surface area contributed by atoms with Gasteiger partial charge in [0.25, 0.3) is 0 Å². The van der Waals surface area contributed by atoms with Gasteiger partial charge in [-0.2, -0.15) is 5.10 Å². The molecule has 0 aliphatic carbocycles. The fraction of sp³-hybridized carbons (Fsp3) is 0.500. The first kappa shape index (κ1) is 12.1. The molecule has 1 aliphatic rings. The number of hydrogen-bond donors (Lipinski definition) is 0. The highest BCUT2D eigenvalue weighted by atomic mass is 16.2. The van der Waals surface area contributed by atoms with Gasteiger partial charge in [0.1, 0.15) is 0 Å². The van der Waals surface area contributed by atoms with Crippen molar-refractivity contribution in [1.82, 2.24) is 19.7 Å². The van der Waals surface area contributed by atoms with Crippen molar-refractivity contribution in [3.63, 3.8) is 0 Å². The van der Waals surface area contributed by atoms with E-state index >= 15 is 0 Å². The van der Waals surface area contributed by atoms with E-state index in [0.717, 1.165) is 42.7 Å². The zero-order valence-corrected chi connectivity index (χ0v) is 11.3. The predicted molar refractivity (Wildman–Crippen MR) is 72.7 cm³/mol. The summed E-state index contributed by atoms with van der Waals surface area (Å²) in [7, 11) is 1.93. The number of piperidine rings is 1. The first-order chi connectivity index (χ1) is 9.16. The summed E-state index contributed by atoms with van der Waals surface area (Å²) in [6.07, 6.45) is 3.77. The normalized spacial score (nSPS) is 17.1. The largest absolute Gasteiger partial charge is 0.343 e. The molecular formula is C14H18N4O. The lowest BCUT2D eigenvalue weighted by molar-refractivity contribution is -0.129. The molecule has 1 amide bonds. The van der Waals surface area contributed by atoms with E-state index in [1.807, 2.05) is 22.7 Å². The molecule has 1 saturated heterocycles. The number of hydrogen-bond acceptors (Lipinski definition) is 3. The van der Waals surface area contributed by atoms with E-state index in [-0.39, 0.29) is 5.91 Å². The first-order valence-electron chi connectivity index (χ1n) is 6.70. The molecule has 0 saturated carbocycles. The third kappa shape index (κ3) is 2.09. The summed E-state index contributed by atoms with van der Waals surface area (Å²) in [4.78, 5) is 17.6. The maximum atomic E-state index is 11.4. The second-order valence-electron chi connectivity index (χ2n) is 5.16. The van der Waals surface area contributed by atoms with E-state index in [4.69, 9.17) is 0 Å². The lowest BCUT2D eigenvalue weighted by Crippen LogP contribution is -2.36. The van der Waals surface area contributed by atoms with Gasteiger partial charge in [0.2, 0.25) is 5.91 Å². The van der Waals surface area contributed by atoms with Gasteiger partial charge in [-0.05, 0) is 25.0 Å². The van der Waals surface area contributed by atoms with Gasteiger partial charge in [-0.1, -0.05) is 0 Å². The van der Waals surface area contributed by atoms with Crippen molar-refractivity contribution < 1.29 is 4.79 Å². The molecule has 0 bridgehead atoms. The minimum atomic E-state index is 0.172. The van der Waals surface area contributed by atoms with Crippen LogP contribution in [0.5, 0.6) is 0 Å². The Hall–Kier alpha value is -1.91. The van der Waals surface area contributed by atoms with E-state index in [0.29, 0.717) is 5.92 Å². The van der Waals surface area contributed by atoms with Crippen LogP contribution in [0.3, 0.4) is 0 Å². The number of aryl methyl sites for hydroxylation is 1. The topological polar surface area (TPSA) is 51.0 Å². The lowest BCUT2D eigenvalue weighted by atomic mass is 9.92. The molecule has 0 aromatic carbocycles. The van der Waals surface area contributed by atoms with Crippen molar-refractivity contribution in [2.45, 2.75) is 25.7 Å². The summed E-state index contributed by atoms with van der Waals surface area (Å²) in [5.41, 5.74) is 2.07. The summed E-state index contributed by atoms with van der Waals surface area (Å²) >= 11 is 0. The monoisotopic (exact) mass is 258 g/mol. The van der Waals surface area contributed by atoms with Crippen LogP contribution in [0.4, 0.5) is 0 Å². The summed E-state index contributed by atoms with van der Waals surface area (Å²) in [5, 5.41) is 5.78. The van der Waals surface area contributed by atoms with E-state index in [2.05, 4.69) is 16.1 Å². The molecule has 2 aromatic rings. The molecule has 5 heteroatoms. The van der Waals surface area contributed by atoms with Crippen molar-refractivity contribution in [1.29, 1.82) is 0 Å². The Labute approximate surface area is 112 Å². The van der Waals surface area contributed by atoms with Crippen LogP contribution in [0, 0.1) is 0 Å². The highest BCUT2D eigenvalue weighted by molar-refractivity contribution is 5.78. The molecule has 100 valence electrons. The molecule has 0 unspecified atom stereocenters. The van der Waals surface area contributed by atoms with Gasteiger partial charge in [0.05, 0.1) is 5.69 Å². The highest BCUT2D eigenvalue weighted by Crippen LogP contribution is 2.31. The highest BCUT2D eigenvalue weighted by Gasteiger charge is 2.25. The van der Waals surface area contributed by atoms with Gasteiger partial charge in [-0.15, -0.1) is 0 Å². The Kier molecular flexibility index (Phi) is 2.97. The zero-order valence-electron chi connectivity index (χ0n) is 11.3. The molecule has 5 nitrogen and oxygen atoms in total. The van der Waals surface area contributed by atoms with Gasteiger partial charge >= 0.3 is 0 Å². The number of rotatable bonds is 1. The number of aromatic nitrogens is 3. The molecule has 0 N–H and O–H groups in total. The van der Waals surface area contributed by atoms with Gasteiger partial charge in [-0.3, -0.25) is 9.48 Å². The quantitative estimate of drug-likeness (QED) is 0.782. The van der Waals surface area contributed by atoms with Gasteiger partial charge in [0, 0.05) is 44.6 Å². The van der Waals surface area contributed by atoms with Crippen molar-refractivity contribution >= 4 is 16.9 Å². The average Bonchev–Trinajstić information content (AvgIpc) is 2.77. The maximum Gasteiger partial charge on any atom is 0.219 e. The Balaban J connectivity index is 1.88. The third-order valence-electron chi connectivity index (χ3n) is 3.95. The summed E-state index contributed by atoms with van der Waals surface area (Å²) < 4.78 is 1.85. The minimum Gasteiger partial charge on any atom is -0.343 e. The number of likely N-dealkylation sites (tertiary alicyclic amines) is 1. The maximum absolute atomic E-state index is 11.4. The van der Waals surface area contributed by atoms with E-state index in [1.54, 1.807) is 13.1 Å². The molecular weight excluding hydrogens is 240 g/mol. The van der Waals surface area contributed by atoms with E-state index in [1.165, 1.54) is 0 Å². The molecule has 0 spiro atoms. The fourth-order valence-electron chi connectivity index (χ4n) is 2.89. The van der Waals surface area contributed by atoms with Crippen molar-refractivity contribution in [3.05, 3.63) is 24.0 Å². The van der Waals surface area contributed by atoms with Crippen LogP contribution < -0.4 is 0 Å². The van der Waals surface area contributed by atoms with Crippen LogP contribution in [-0.2, 0) is 11.8 Å². The number of fused-ring (bicyclic) bond motifs is 1. The molecule has 0 radical (unpaired) electrons. The number of pyridine rings is 1. The zero-order chi connectivity index (χ0) is 13.4. The van der Waals surface area contributed by atoms with Gasteiger partial charge in [-0.25, -0.2) is 4.98 Å². The number of carbonyl (C=O) groups is 1. The SMILES string of the molecule is CC(=O)N1CCC(c2nn(C)c3ncccc23)CC1. The van der Waals surface area contributed by atoms with Gasteiger partial charge in [0.15, 0.2) is 5.65 Å². The summed E-state index contributed by atoms with van der Waals surface area (Å²) in [6, 6.07) is 4.04. The molecule has 1 fully saturated rings. The summed E-state index contributed by atoms with van der Waals surface area (Å²) in [6.45, 7) is 3.30. The second-order valence-corrected chi connectivity index (χ2v) is 5.16. The van der Waals surface area contributed by atoms with Crippen molar-refractivity contribution in [2.75, 3.05) is 13.1 Å². The van der Waals surface area contributed by atoms with Crippen LogP contribution >= 0.6 is 0 Å². The Bertz CT molecular complexity index is 611. The minimum absolute atomic E-state index is 0.172. The van der Waals surface area contributed by atoms with E-state index in [9.17, 15) is 4.79 Å². The second kappa shape index (κ2) is 4.64. The molecule has 19 heavy (non-hydrogen) atoms. The molecule has 1 aliphatic heterocycles. The van der Waals surface area contributed by atoms with Crippen molar-refractivity contribution in [3.8, 4) is 0 Å². The summed E-state index contributed by atoms with van der Waals surface area (Å²) in [5.74, 6) is 0.606. The standard InChI is InChI=1S/C14H18N4O/c1-10(19)18-8-5-11(6-9-18)13-12-4-3-7-15-14(12)17(2)16-13/h3-4,7,11H,5-6,8-9H2,1-2H3. The van der Waals surface area contributed by atoms with Crippen LogP contribution in [0.15, 0.2) is 18.3 Å². The van der Waals surface area contributed by atoms with Gasteiger partial charge < -0.3 is 4.90 Å². The smallest absolute Gasteiger partial charge is 0.219 e. The first-order valence-corrected chi connectivity index (χ1v) is 6.70. The lowest BCUT2D eigenvalue weighted by Gasteiger charge is -2.30. The Morgan fingerprint density at radius 3 is 2.79 bits per heavy atom. The molecule has 3 rings (SSSR count). The molecule has 0 atom stereocenters. The Morgan fingerprint density at radius 2 is 2.11 bits per heavy atom. The van der Waals surface area contributed by atoms with Crippen LogP contribution in [0.1, 0.15) is 31.4 Å². The van der Waals surface area contributed by atoms with Crippen LogP contribution in [0.25, 0.3) is 11.0 Å². The number of carbonyl (C=O) groups excluding carboxylic acids is 1. The molecule has 3 heterocycles. The average molecular weight is 258 g/mol. The predicted octanol–water partition coefficient (Wildman–Crippen LogP) is 1.69. The van der Waals surface area contributed by atoms with Crippen LogP contribution in [-0.4, -0.2) is 38.7 Å². The van der Waals surface area contributed by atoms with E-state index < -0.39 is 0 Å². The number of nitrogens with zero attached hydrogens (tertiary/aromatic N) is 4. The fourth-order valence-corrected chi connectivity index (χ4v) is 2.89. The van der Waals surface area contributed by atoms with Crippen LogP contribution in [0.2, 0.25) is 0 Å². The Morgan fingerprint density at radius 1 is 1.37 bits per heavy atom. The number of amides is 1. The third-order valence-corrected chi connectivity index (χ3v) is 3.95.